The summed E-state index contributed by atoms with van der Waals surface area (Å²) in [5.41, 5.74) is 1.34. The topological polar surface area (TPSA) is 75.2 Å². The first kappa shape index (κ1) is 23.3. The predicted molar refractivity (Wildman–Crippen MR) is 136 cm³/mol. The van der Waals surface area contributed by atoms with Crippen LogP contribution < -0.4 is 20.3 Å². The van der Waals surface area contributed by atoms with Crippen LogP contribution in [0.5, 0.6) is 5.75 Å². The average molecular weight is 487 g/mol. The number of anilines is 2. The molecule has 174 valence electrons. The first-order valence-electron chi connectivity index (χ1n) is 11.0. The molecule has 2 aliphatic rings. The van der Waals surface area contributed by atoms with Gasteiger partial charge < -0.3 is 19.7 Å². The average Bonchev–Trinajstić information content (AvgIpc) is 3.09. The van der Waals surface area contributed by atoms with Crippen LogP contribution in [0.15, 0.2) is 53.5 Å². The molecule has 1 saturated carbocycles. The number of carbonyl (C=O) groups is 1. The first-order valence-corrected chi connectivity index (χ1v) is 11.8. The Kier molecular flexibility index (Phi) is 7.35. The van der Waals surface area contributed by atoms with Crippen molar-refractivity contribution < 1.29 is 14.3 Å². The van der Waals surface area contributed by atoms with Crippen LogP contribution in [0.4, 0.5) is 16.2 Å². The number of aliphatic imine (C=N–C) groups is 1. The molecule has 0 atom stereocenters. The third kappa shape index (κ3) is 5.23. The lowest BCUT2D eigenvalue weighted by atomic mass is 9.80. The van der Waals surface area contributed by atoms with E-state index in [9.17, 15) is 4.79 Å². The number of hydrogen-bond acceptors (Lipinski definition) is 5. The predicted octanol–water partition coefficient (Wildman–Crippen LogP) is 5.39. The van der Waals surface area contributed by atoms with E-state index in [1.54, 1.807) is 31.4 Å². The van der Waals surface area contributed by atoms with Gasteiger partial charge in [0, 0.05) is 16.4 Å². The van der Waals surface area contributed by atoms with Crippen LogP contribution in [-0.2, 0) is 4.74 Å². The Hall–Kier alpha value is -2.84. The van der Waals surface area contributed by atoms with Gasteiger partial charge in [0.15, 0.2) is 5.11 Å². The summed E-state index contributed by atoms with van der Waals surface area (Å²) in [7, 11) is 1.66. The van der Waals surface area contributed by atoms with E-state index in [1.165, 1.54) is 6.42 Å². The minimum Gasteiger partial charge on any atom is -0.497 e. The highest BCUT2D eigenvalue weighted by Crippen LogP contribution is 2.41. The van der Waals surface area contributed by atoms with Gasteiger partial charge in [0.05, 0.1) is 13.7 Å². The van der Waals surface area contributed by atoms with Gasteiger partial charge in [0.25, 0.3) is 0 Å². The molecular formula is C24H27ClN4O3S. The summed E-state index contributed by atoms with van der Waals surface area (Å²) in [6.45, 7) is 0.507. The second kappa shape index (κ2) is 10.4. The summed E-state index contributed by atoms with van der Waals surface area (Å²) in [6.07, 6.45) is 4.81. The number of hydrogen-bond donors (Lipinski definition) is 2. The van der Waals surface area contributed by atoms with Crippen molar-refractivity contribution in [2.45, 2.75) is 37.6 Å². The van der Waals surface area contributed by atoms with Crippen molar-refractivity contribution in [3.63, 3.8) is 0 Å². The fourth-order valence-electron chi connectivity index (χ4n) is 4.44. The van der Waals surface area contributed by atoms with Gasteiger partial charge in [0.1, 0.15) is 23.7 Å². The highest BCUT2D eigenvalue weighted by Gasteiger charge is 2.50. The molecule has 2 aromatic rings. The van der Waals surface area contributed by atoms with E-state index in [0.717, 1.165) is 43.0 Å². The van der Waals surface area contributed by atoms with Crippen molar-refractivity contribution in [1.29, 1.82) is 0 Å². The lowest BCUT2D eigenvalue weighted by Gasteiger charge is -2.41. The number of amides is 1. The first-order chi connectivity index (χ1) is 16.0. The van der Waals surface area contributed by atoms with Crippen LogP contribution >= 0.6 is 23.8 Å². The van der Waals surface area contributed by atoms with E-state index in [0.29, 0.717) is 22.4 Å². The zero-order valence-corrected chi connectivity index (χ0v) is 20.0. The van der Waals surface area contributed by atoms with Crippen LogP contribution in [0.25, 0.3) is 0 Å². The number of ether oxygens (including phenoxy) is 2. The number of amidine groups is 1. The molecule has 9 heteroatoms. The Balaban J connectivity index is 1.43. The second-order valence-electron chi connectivity index (χ2n) is 8.05. The van der Waals surface area contributed by atoms with Crippen LogP contribution in [0.2, 0.25) is 5.02 Å². The summed E-state index contributed by atoms with van der Waals surface area (Å²) in [5.74, 6) is 1.65. The molecule has 1 amide bonds. The largest absolute Gasteiger partial charge is 0.497 e. The zero-order valence-electron chi connectivity index (χ0n) is 18.5. The smallest absolute Gasteiger partial charge is 0.411 e. The lowest BCUT2D eigenvalue weighted by Crippen LogP contribution is -2.51. The molecule has 0 bridgehead atoms. The van der Waals surface area contributed by atoms with E-state index in [1.807, 2.05) is 24.3 Å². The molecule has 1 saturated heterocycles. The number of carbonyl (C=O) groups excluding carboxylic acids is 1. The highest BCUT2D eigenvalue weighted by molar-refractivity contribution is 7.80. The highest BCUT2D eigenvalue weighted by atomic mass is 35.5. The Morgan fingerprint density at radius 1 is 1.15 bits per heavy atom. The molecule has 0 radical (unpaired) electrons. The van der Waals surface area contributed by atoms with Crippen molar-refractivity contribution in [2.24, 2.45) is 4.99 Å². The molecule has 0 aromatic heterocycles. The van der Waals surface area contributed by atoms with Crippen molar-refractivity contribution in [3.05, 3.63) is 53.6 Å². The van der Waals surface area contributed by atoms with E-state index < -0.39 is 6.09 Å². The summed E-state index contributed by atoms with van der Waals surface area (Å²) in [5, 5.41) is 7.25. The molecule has 2 fully saturated rings. The van der Waals surface area contributed by atoms with Gasteiger partial charge in [0.2, 0.25) is 0 Å². The summed E-state index contributed by atoms with van der Waals surface area (Å²) < 4.78 is 10.6. The van der Waals surface area contributed by atoms with Crippen LogP contribution in [0.3, 0.4) is 0 Å². The number of methoxy groups -OCH3 is 1. The summed E-state index contributed by atoms with van der Waals surface area (Å²) >= 11 is 11.6. The van der Waals surface area contributed by atoms with Crippen LogP contribution in [0.1, 0.15) is 32.1 Å². The molecule has 7 nitrogen and oxygen atoms in total. The zero-order chi connectivity index (χ0) is 23.3. The maximum absolute atomic E-state index is 12.1. The SMILES string of the molecule is COc1ccc(N2C(=S)NC(=NCCOC(=O)Nc3ccc(Cl)cc3)C23CCCCC3)cc1. The number of thiocarbonyl (C=S) groups is 1. The number of halogens is 1. The maximum atomic E-state index is 12.1. The monoisotopic (exact) mass is 486 g/mol. The Morgan fingerprint density at radius 3 is 2.52 bits per heavy atom. The van der Waals surface area contributed by atoms with Crippen LogP contribution in [-0.4, -0.2) is 42.8 Å². The minimum atomic E-state index is -0.528. The summed E-state index contributed by atoms with van der Waals surface area (Å²) in [4.78, 5) is 19.0. The van der Waals surface area contributed by atoms with E-state index in [-0.39, 0.29) is 12.1 Å². The van der Waals surface area contributed by atoms with E-state index in [4.69, 9.17) is 38.3 Å². The number of benzene rings is 2. The van der Waals surface area contributed by atoms with Crippen molar-refractivity contribution >= 4 is 52.2 Å². The Labute approximate surface area is 204 Å². The Morgan fingerprint density at radius 2 is 1.85 bits per heavy atom. The molecule has 1 aliphatic carbocycles. The van der Waals surface area contributed by atoms with Gasteiger partial charge in [-0.1, -0.05) is 30.9 Å². The van der Waals surface area contributed by atoms with Gasteiger partial charge in [-0.2, -0.15) is 0 Å². The Bertz CT molecular complexity index is 1020. The number of rotatable bonds is 6. The molecule has 0 unspecified atom stereocenters. The molecular weight excluding hydrogens is 460 g/mol. The fourth-order valence-corrected chi connectivity index (χ4v) is 4.94. The molecule has 1 aliphatic heterocycles. The second-order valence-corrected chi connectivity index (χ2v) is 8.88. The van der Waals surface area contributed by atoms with Gasteiger partial charge in [-0.25, -0.2) is 4.79 Å². The quantitative estimate of drug-likeness (QED) is 0.421. The molecule has 33 heavy (non-hydrogen) atoms. The summed E-state index contributed by atoms with van der Waals surface area (Å²) in [6, 6.07) is 14.8. The lowest BCUT2D eigenvalue weighted by molar-refractivity contribution is 0.165. The van der Waals surface area contributed by atoms with Gasteiger partial charge >= 0.3 is 6.09 Å². The van der Waals surface area contributed by atoms with Crippen molar-refractivity contribution in [3.8, 4) is 5.75 Å². The van der Waals surface area contributed by atoms with Crippen molar-refractivity contribution in [1.82, 2.24) is 5.32 Å². The molecule has 2 N–H and O–H groups in total. The number of nitrogens with one attached hydrogen (secondary N) is 2. The molecule has 2 aromatic carbocycles. The normalized spacial score (nSPS) is 18.3. The van der Waals surface area contributed by atoms with Gasteiger partial charge in [-0.15, -0.1) is 0 Å². The van der Waals surface area contributed by atoms with Crippen molar-refractivity contribution in [2.75, 3.05) is 30.5 Å². The number of nitrogens with zero attached hydrogens (tertiary/aromatic N) is 2. The van der Waals surface area contributed by atoms with E-state index in [2.05, 4.69) is 15.5 Å². The molecule has 1 spiro atoms. The van der Waals surface area contributed by atoms with Gasteiger partial charge in [-0.3, -0.25) is 10.3 Å². The maximum Gasteiger partial charge on any atom is 0.411 e. The third-order valence-electron chi connectivity index (χ3n) is 5.99. The molecule has 1 heterocycles. The van der Waals surface area contributed by atoms with E-state index >= 15 is 0 Å². The van der Waals surface area contributed by atoms with Gasteiger partial charge in [-0.05, 0) is 73.6 Å². The fraction of sp³-hybridized carbons (Fsp3) is 0.375. The third-order valence-corrected chi connectivity index (χ3v) is 6.53. The van der Waals surface area contributed by atoms with Crippen LogP contribution in [0, 0.1) is 0 Å². The molecule has 4 rings (SSSR count). The standard InChI is InChI=1S/C24H27ClN4O3S/c1-31-20-11-9-19(10-12-20)29-22(33)28-21(24(29)13-3-2-4-14-24)26-15-16-32-23(30)27-18-7-5-17(25)6-8-18/h5-12H,2-4,13-16H2,1H3,(H,27,30)(H,26,28,33). The minimum absolute atomic E-state index is 0.163.